The van der Waals surface area contributed by atoms with Crippen LogP contribution in [0.5, 0.6) is 5.75 Å². The molecule has 0 aliphatic heterocycles. The molecule has 0 bridgehead atoms. The van der Waals surface area contributed by atoms with Crippen LogP contribution in [-0.4, -0.2) is 6.61 Å². The van der Waals surface area contributed by atoms with Gasteiger partial charge in [-0.05, 0) is 43.7 Å². The van der Waals surface area contributed by atoms with Crippen molar-refractivity contribution in [2.75, 3.05) is 6.61 Å². The van der Waals surface area contributed by atoms with Crippen molar-refractivity contribution in [1.82, 2.24) is 0 Å². The fourth-order valence-electron chi connectivity index (χ4n) is 2.05. The molecule has 0 heterocycles. The highest BCUT2D eigenvalue weighted by molar-refractivity contribution is 9.10. The van der Waals surface area contributed by atoms with Gasteiger partial charge in [-0.3, -0.25) is 0 Å². The van der Waals surface area contributed by atoms with Gasteiger partial charge in [0.2, 0.25) is 0 Å². The molecule has 0 radical (unpaired) electrons. The van der Waals surface area contributed by atoms with Crippen LogP contribution in [0.1, 0.15) is 29.0 Å². The zero-order chi connectivity index (χ0) is 14.7. The summed E-state index contributed by atoms with van der Waals surface area (Å²) in [5.41, 5.74) is 2.64. The Kier molecular flexibility index (Phi) is 5.06. The third kappa shape index (κ3) is 3.53. The molecule has 0 fully saturated rings. The highest BCUT2D eigenvalue weighted by Gasteiger charge is 2.17. The second kappa shape index (κ2) is 6.59. The van der Waals surface area contributed by atoms with Crippen molar-refractivity contribution in [2.24, 2.45) is 0 Å². The van der Waals surface area contributed by atoms with E-state index >= 15 is 0 Å². The van der Waals surface area contributed by atoms with E-state index in [-0.39, 0.29) is 5.82 Å². The largest absolute Gasteiger partial charge is 0.494 e. The van der Waals surface area contributed by atoms with Gasteiger partial charge in [0.15, 0.2) is 0 Å². The van der Waals surface area contributed by atoms with Crippen LogP contribution in [0.15, 0.2) is 40.9 Å². The Morgan fingerprint density at radius 3 is 2.65 bits per heavy atom. The Balaban J connectivity index is 2.46. The van der Waals surface area contributed by atoms with E-state index in [0.717, 1.165) is 16.9 Å². The lowest BCUT2D eigenvalue weighted by atomic mass is 10.0. The molecular formula is C16H15BrClFO. The number of benzene rings is 2. The molecule has 0 aliphatic carbocycles. The first-order valence-electron chi connectivity index (χ1n) is 6.34. The summed E-state index contributed by atoms with van der Waals surface area (Å²) in [6.07, 6.45) is 0. The van der Waals surface area contributed by atoms with Crippen LogP contribution in [0.25, 0.3) is 0 Å². The molecule has 1 nitrogen and oxygen atoms in total. The maximum absolute atomic E-state index is 13.5. The average molecular weight is 358 g/mol. The van der Waals surface area contributed by atoms with Crippen LogP contribution >= 0.6 is 27.5 Å². The summed E-state index contributed by atoms with van der Waals surface area (Å²) in [5.74, 6) is 0.420. The molecule has 0 N–H and O–H groups in total. The maximum atomic E-state index is 13.5. The molecule has 2 aromatic carbocycles. The van der Waals surface area contributed by atoms with Gasteiger partial charge in [-0.15, -0.1) is 11.6 Å². The van der Waals surface area contributed by atoms with Gasteiger partial charge in [-0.2, -0.15) is 0 Å². The third-order valence-corrected chi connectivity index (χ3v) is 3.86. The Labute approximate surface area is 131 Å². The van der Waals surface area contributed by atoms with E-state index in [4.69, 9.17) is 16.3 Å². The van der Waals surface area contributed by atoms with Crippen LogP contribution in [0, 0.1) is 12.7 Å². The van der Waals surface area contributed by atoms with Crippen molar-refractivity contribution < 1.29 is 9.13 Å². The van der Waals surface area contributed by atoms with E-state index in [9.17, 15) is 4.39 Å². The van der Waals surface area contributed by atoms with Crippen LogP contribution in [0.4, 0.5) is 4.39 Å². The lowest BCUT2D eigenvalue weighted by Crippen LogP contribution is -2.01. The maximum Gasteiger partial charge on any atom is 0.124 e. The van der Waals surface area contributed by atoms with E-state index in [1.165, 1.54) is 12.1 Å². The van der Waals surface area contributed by atoms with E-state index in [2.05, 4.69) is 15.9 Å². The average Bonchev–Trinajstić information content (AvgIpc) is 2.39. The summed E-state index contributed by atoms with van der Waals surface area (Å²) in [5, 5.41) is -0.455. The predicted octanol–water partition coefficient (Wildman–Crippen LogP) is 5.62. The molecule has 1 atom stereocenters. The number of rotatable bonds is 4. The minimum Gasteiger partial charge on any atom is -0.494 e. The number of hydrogen-bond acceptors (Lipinski definition) is 1. The second-order valence-corrected chi connectivity index (χ2v) is 5.89. The third-order valence-electron chi connectivity index (χ3n) is 2.92. The second-order valence-electron chi connectivity index (χ2n) is 4.54. The lowest BCUT2D eigenvalue weighted by Gasteiger charge is -2.16. The summed E-state index contributed by atoms with van der Waals surface area (Å²) < 4.78 is 19.8. The van der Waals surface area contributed by atoms with Gasteiger partial charge in [0, 0.05) is 10.0 Å². The summed E-state index contributed by atoms with van der Waals surface area (Å²) in [7, 11) is 0. The molecule has 0 amide bonds. The molecular weight excluding hydrogens is 343 g/mol. The van der Waals surface area contributed by atoms with E-state index in [0.29, 0.717) is 16.6 Å². The molecule has 2 rings (SSSR count). The highest BCUT2D eigenvalue weighted by Crippen LogP contribution is 2.37. The first kappa shape index (κ1) is 15.3. The number of ether oxygens (including phenoxy) is 1. The van der Waals surface area contributed by atoms with Gasteiger partial charge in [-0.25, -0.2) is 4.39 Å². The first-order chi connectivity index (χ1) is 9.51. The Bertz CT molecular complexity index is 595. The van der Waals surface area contributed by atoms with Crippen LogP contribution in [0.2, 0.25) is 0 Å². The van der Waals surface area contributed by atoms with E-state index < -0.39 is 5.38 Å². The smallest absolute Gasteiger partial charge is 0.124 e. The van der Waals surface area contributed by atoms with Crippen molar-refractivity contribution in [2.45, 2.75) is 19.2 Å². The minimum atomic E-state index is -0.455. The highest BCUT2D eigenvalue weighted by atomic mass is 79.9. The monoisotopic (exact) mass is 356 g/mol. The number of halogens is 3. The van der Waals surface area contributed by atoms with Crippen molar-refractivity contribution in [3.05, 3.63) is 63.4 Å². The molecule has 4 heteroatoms. The fourth-order valence-corrected chi connectivity index (χ4v) is 2.83. The SMILES string of the molecule is CCOc1ccc(C)cc1C(Cl)c1cc(F)cc(Br)c1. The van der Waals surface area contributed by atoms with E-state index in [1.807, 2.05) is 38.1 Å². The zero-order valence-electron chi connectivity index (χ0n) is 11.3. The summed E-state index contributed by atoms with van der Waals surface area (Å²) >= 11 is 9.81. The van der Waals surface area contributed by atoms with Gasteiger partial charge >= 0.3 is 0 Å². The quantitative estimate of drug-likeness (QED) is 0.645. The Morgan fingerprint density at radius 1 is 1.25 bits per heavy atom. The van der Waals surface area contributed by atoms with Crippen molar-refractivity contribution >= 4 is 27.5 Å². The number of aryl methyl sites for hydroxylation is 1. The Morgan fingerprint density at radius 2 is 2.00 bits per heavy atom. The summed E-state index contributed by atoms with van der Waals surface area (Å²) in [6, 6.07) is 10.5. The molecule has 2 aromatic rings. The number of alkyl halides is 1. The molecule has 0 saturated heterocycles. The molecule has 20 heavy (non-hydrogen) atoms. The zero-order valence-corrected chi connectivity index (χ0v) is 13.6. The van der Waals surface area contributed by atoms with Gasteiger partial charge in [0.1, 0.15) is 11.6 Å². The van der Waals surface area contributed by atoms with Crippen molar-refractivity contribution in [3.63, 3.8) is 0 Å². The van der Waals surface area contributed by atoms with Crippen LogP contribution in [0.3, 0.4) is 0 Å². The van der Waals surface area contributed by atoms with Crippen molar-refractivity contribution in [3.8, 4) is 5.75 Å². The van der Waals surface area contributed by atoms with Gasteiger partial charge < -0.3 is 4.74 Å². The topological polar surface area (TPSA) is 9.23 Å². The van der Waals surface area contributed by atoms with Gasteiger partial charge in [0.05, 0.1) is 12.0 Å². The fraction of sp³-hybridized carbons (Fsp3) is 0.250. The molecule has 106 valence electrons. The number of hydrogen-bond donors (Lipinski definition) is 0. The van der Waals surface area contributed by atoms with Crippen LogP contribution < -0.4 is 4.74 Å². The van der Waals surface area contributed by atoms with E-state index in [1.54, 1.807) is 0 Å². The van der Waals surface area contributed by atoms with Crippen molar-refractivity contribution in [1.29, 1.82) is 0 Å². The predicted molar refractivity (Wildman–Crippen MR) is 84.1 cm³/mol. The molecule has 1 unspecified atom stereocenters. The van der Waals surface area contributed by atoms with Gasteiger partial charge in [-0.1, -0.05) is 33.6 Å². The molecule has 0 spiro atoms. The standard InChI is InChI=1S/C16H15BrClFO/c1-3-20-15-5-4-10(2)6-14(15)16(18)11-7-12(17)9-13(19)8-11/h4-9,16H,3H2,1-2H3. The normalized spacial score (nSPS) is 12.2. The summed E-state index contributed by atoms with van der Waals surface area (Å²) in [4.78, 5) is 0. The summed E-state index contributed by atoms with van der Waals surface area (Å²) in [6.45, 7) is 4.47. The first-order valence-corrected chi connectivity index (χ1v) is 7.57. The molecule has 0 saturated carbocycles. The lowest BCUT2D eigenvalue weighted by molar-refractivity contribution is 0.336. The Hall–Kier alpha value is -1.06. The minimum absolute atomic E-state index is 0.314. The molecule has 0 aliphatic rings. The van der Waals surface area contributed by atoms with Crippen LogP contribution in [-0.2, 0) is 0 Å². The molecule has 0 aromatic heterocycles. The van der Waals surface area contributed by atoms with Gasteiger partial charge in [0.25, 0.3) is 0 Å².